The predicted octanol–water partition coefficient (Wildman–Crippen LogP) is 3.44. The summed E-state index contributed by atoms with van der Waals surface area (Å²) in [5.41, 5.74) is 1.96. The number of nitrogens with one attached hydrogen (secondary N) is 1. The van der Waals surface area contributed by atoms with Gasteiger partial charge in [-0.25, -0.2) is 4.79 Å². The molecule has 1 atom stereocenters. The van der Waals surface area contributed by atoms with Crippen LogP contribution in [0.3, 0.4) is 0 Å². The largest absolute Gasteiger partial charge is 0.450 e. The molecule has 8 heteroatoms. The first-order valence-corrected chi connectivity index (χ1v) is 8.82. The smallest absolute Gasteiger partial charge is 0.433 e. The van der Waals surface area contributed by atoms with E-state index in [0.29, 0.717) is 6.42 Å². The Bertz CT molecular complexity index is 985. The van der Waals surface area contributed by atoms with Gasteiger partial charge in [0.05, 0.1) is 12.1 Å². The van der Waals surface area contributed by atoms with E-state index in [4.69, 9.17) is 9.15 Å². The maximum atomic E-state index is 12.3. The van der Waals surface area contributed by atoms with Crippen LogP contribution in [-0.4, -0.2) is 23.4 Å². The molecule has 0 spiro atoms. The molecule has 29 heavy (non-hydrogen) atoms. The number of carbonyl (C=O) groups is 2. The minimum absolute atomic E-state index is 0.311. The fourth-order valence-corrected chi connectivity index (χ4v) is 2.76. The highest BCUT2D eigenvalue weighted by atomic mass is 16.7. The molecule has 8 nitrogen and oxygen atoms in total. The molecular formula is C21H18N2O6. The summed E-state index contributed by atoms with van der Waals surface area (Å²) in [7, 11) is 0. The first kappa shape index (κ1) is 19.8. The number of carbonyl (C=O) groups excluding carboxylic acids is 2. The van der Waals surface area contributed by atoms with Crippen molar-refractivity contribution in [1.82, 2.24) is 5.32 Å². The molecule has 1 amide bonds. The number of ether oxygens (including phenoxy) is 1. The Morgan fingerprint density at radius 1 is 1.00 bits per heavy atom. The summed E-state index contributed by atoms with van der Waals surface area (Å²) >= 11 is 0. The van der Waals surface area contributed by atoms with Gasteiger partial charge in [0.2, 0.25) is 5.76 Å². The Morgan fingerprint density at radius 2 is 1.66 bits per heavy atom. The van der Waals surface area contributed by atoms with Crippen molar-refractivity contribution in [3.8, 4) is 0 Å². The Kier molecular flexibility index (Phi) is 6.36. The van der Waals surface area contributed by atoms with E-state index >= 15 is 0 Å². The van der Waals surface area contributed by atoms with Crippen LogP contribution in [0, 0.1) is 10.1 Å². The lowest BCUT2D eigenvalue weighted by molar-refractivity contribution is -0.402. The second kappa shape index (κ2) is 9.32. The van der Waals surface area contributed by atoms with Gasteiger partial charge >= 0.3 is 11.9 Å². The average Bonchev–Trinajstić information content (AvgIpc) is 3.24. The van der Waals surface area contributed by atoms with E-state index in [1.165, 1.54) is 0 Å². The van der Waals surface area contributed by atoms with Gasteiger partial charge in [-0.2, -0.15) is 0 Å². The standard InChI is InChI=1S/C21H18N2O6/c24-19(14-28-21(25)18-11-12-20(29-18)23(26)27)22-17(16-9-5-2-6-10-16)13-15-7-3-1-4-8-15/h1-12,17H,13-14H2,(H,22,24)/t17-/m0/s1. The Labute approximate surface area is 166 Å². The second-order valence-corrected chi connectivity index (χ2v) is 6.19. The van der Waals surface area contributed by atoms with E-state index in [1.54, 1.807) is 0 Å². The Balaban J connectivity index is 1.62. The highest BCUT2D eigenvalue weighted by Crippen LogP contribution is 2.19. The lowest BCUT2D eigenvalue weighted by Gasteiger charge is -2.19. The number of amides is 1. The molecule has 2 aromatic carbocycles. The molecule has 3 aromatic rings. The van der Waals surface area contributed by atoms with Crippen LogP contribution in [0.15, 0.2) is 77.2 Å². The van der Waals surface area contributed by atoms with Crippen LogP contribution >= 0.6 is 0 Å². The molecule has 3 rings (SSSR count). The summed E-state index contributed by atoms with van der Waals surface area (Å²) in [5, 5.41) is 13.5. The molecule has 0 saturated heterocycles. The molecule has 0 radical (unpaired) electrons. The van der Waals surface area contributed by atoms with E-state index in [0.717, 1.165) is 23.3 Å². The SMILES string of the molecule is O=C(COC(=O)c1ccc([N+](=O)[O-])o1)N[C@@H](Cc1ccccc1)c1ccccc1. The van der Waals surface area contributed by atoms with E-state index in [1.807, 2.05) is 60.7 Å². The minimum Gasteiger partial charge on any atom is -0.450 e. The Morgan fingerprint density at radius 3 is 2.28 bits per heavy atom. The zero-order chi connectivity index (χ0) is 20.6. The van der Waals surface area contributed by atoms with Gasteiger partial charge in [0.1, 0.15) is 4.92 Å². The van der Waals surface area contributed by atoms with Crippen molar-refractivity contribution >= 4 is 17.8 Å². The van der Waals surface area contributed by atoms with Gasteiger partial charge < -0.3 is 14.5 Å². The van der Waals surface area contributed by atoms with Crippen molar-refractivity contribution in [3.63, 3.8) is 0 Å². The fraction of sp³-hybridized carbons (Fsp3) is 0.143. The Hall–Kier alpha value is -3.94. The quantitative estimate of drug-likeness (QED) is 0.356. The molecule has 1 aromatic heterocycles. The van der Waals surface area contributed by atoms with Gasteiger partial charge in [-0.1, -0.05) is 60.7 Å². The van der Waals surface area contributed by atoms with E-state index in [9.17, 15) is 19.7 Å². The normalized spacial score (nSPS) is 11.4. The molecule has 0 fully saturated rings. The highest BCUT2D eigenvalue weighted by Gasteiger charge is 2.20. The molecule has 1 heterocycles. The number of benzene rings is 2. The fourth-order valence-electron chi connectivity index (χ4n) is 2.76. The second-order valence-electron chi connectivity index (χ2n) is 6.19. The molecule has 0 aliphatic rings. The van der Waals surface area contributed by atoms with Crippen molar-refractivity contribution < 1.29 is 23.7 Å². The van der Waals surface area contributed by atoms with E-state index in [2.05, 4.69) is 5.32 Å². The first-order valence-electron chi connectivity index (χ1n) is 8.82. The monoisotopic (exact) mass is 394 g/mol. The number of rotatable bonds is 8. The summed E-state index contributed by atoms with van der Waals surface area (Å²) in [6, 6.07) is 21.0. The molecular weight excluding hydrogens is 376 g/mol. The number of nitro groups is 1. The summed E-state index contributed by atoms with van der Waals surface area (Å²) in [4.78, 5) is 34.1. The van der Waals surface area contributed by atoms with Gasteiger partial charge in [-0.15, -0.1) is 0 Å². The van der Waals surface area contributed by atoms with Gasteiger partial charge in [-0.05, 0) is 23.6 Å². The van der Waals surface area contributed by atoms with Crippen LogP contribution in [0.4, 0.5) is 5.88 Å². The van der Waals surface area contributed by atoms with Crippen molar-refractivity contribution in [2.24, 2.45) is 0 Å². The third kappa shape index (κ3) is 5.52. The molecule has 0 aliphatic carbocycles. The molecule has 0 bridgehead atoms. The number of esters is 1. The summed E-state index contributed by atoms with van der Waals surface area (Å²) in [6.45, 7) is -0.536. The van der Waals surface area contributed by atoms with Crippen LogP contribution < -0.4 is 5.32 Å². The number of hydrogen-bond donors (Lipinski definition) is 1. The summed E-state index contributed by atoms with van der Waals surface area (Å²) < 4.78 is 9.67. The van der Waals surface area contributed by atoms with Gasteiger partial charge in [0.15, 0.2) is 6.61 Å². The lowest BCUT2D eigenvalue weighted by Crippen LogP contribution is -2.33. The predicted molar refractivity (Wildman–Crippen MR) is 103 cm³/mol. The van der Waals surface area contributed by atoms with Crippen molar-refractivity contribution in [2.75, 3.05) is 6.61 Å². The van der Waals surface area contributed by atoms with Crippen LogP contribution in [0.2, 0.25) is 0 Å². The van der Waals surface area contributed by atoms with Gasteiger partial charge in [0, 0.05) is 0 Å². The zero-order valence-corrected chi connectivity index (χ0v) is 15.3. The highest BCUT2D eigenvalue weighted by molar-refractivity contribution is 5.89. The zero-order valence-electron chi connectivity index (χ0n) is 15.3. The van der Waals surface area contributed by atoms with Gasteiger partial charge in [0.25, 0.3) is 5.91 Å². The maximum Gasteiger partial charge on any atom is 0.433 e. The van der Waals surface area contributed by atoms with E-state index < -0.39 is 29.3 Å². The van der Waals surface area contributed by atoms with Crippen LogP contribution in [0.1, 0.15) is 27.7 Å². The van der Waals surface area contributed by atoms with Crippen molar-refractivity contribution in [1.29, 1.82) is 0 Å². The number of hydrogen-bond acceptors (Lipinski definition) is 6. The molecule has 1 N–H and O–H groups in total. The lowest BCUT2D eigenvalue weighted by atomic mass is 9.99. The molecule has 0 aliphatic heterocycles. The van der Waals surface area contributed by atoms with Crippen LogP contribution in [-0.2, 0) is 16.0 Å². The van der Waals surface area contributed by atoms with Crippen LogP contribution in [0.25, 0.3) is 0 Å². The van der Waals surface area contributed by atoms with Crippen molar-refractivity contribution in [3.05, 3.63) is 99.8 Å². The minimum atomic E-state index is -0.951. The topological polar surface area (TPSA) is 112 Å². The van der Waals surface area contributed by atoms with Crippen molar-refractivity contribution in [2.45, 2.75) is 12.5 Å². The molecule has 0 saturated carbocycles. The summed E-state index contributed by atoms with van der Waals surface area (Å²) in [5.74, 6) is -2.36. The van der Waals surface area contributed by atoms with E-state index in [-0.39, 0.29) is 11.8 Å². The number of furan rings is 1. The van der Waals surface area contributed by atoms with Crippen LogP contribution in [0.5, 0.6) is 0 Å². The molecule has 0 unspecified atom stereocenters. The average molecular weight is 394 g/mol. The third-order valence-corrected chi connectivity index (χ3v) is 4.13. The maximum absolute atomic E-state index is 12.3. The number of nitrogens with zero attached hydrogens (tertiary/aromatic N) is 1. The first-order chi connectivity index (χ1) is 14.0. The third-order valence-electron chi connectivity index (χ3n) is 4.13. The van der Waals surface area contributed by atoms with Gasteiger partial charge in [-0.3, -0.25) is 14.9 Å². The molecule has 148 valence electrons. The summed E-state index contributed by atoms with van der Waals surface area (Å²) in [6.07, 6.45) is 0.564.